The number of aliphatic carboxylic acids is 1. The second-order valence-corrected chi connectivity index (χ2v) is 15.8. The number of anilines is 1. The maximum atomic E-state index is 14.0. The average Bonchev–Trinajstić information content (AvgIpc) is 3.64. The number of rotatable bonds is 10. The molecular formula is C30H36N6O5S2. The molecule has 43 heavy (non-hydrogen) atoms. The molecule has 8 rings (SSSR count). The van der Waals surface area contributed by atoms with E-state index in [1.54, 1.807) is 18.3 Å². The highest BCUT2D eigenvalue weighted by molar-refractivity contribution is 7.89. The summed E-state index contributed by atoms with van der Waals surface area (Å²) in [4.78, 5) is 39.0. The number of carboxylic acid groups (broad SMARTS) is 1. The topological polar surface area (TPSA) is 154 Å². The Kier molecular flexibility index (Phi) is 7.47. The zero-order valence-electron chi connectivity index (χ0n) is 23.8. The van der Waals surface area contributed by atoms with Gasteiger partial charge in [-0.25, -0.2) is 23.4 Å². The van der Waals surface area contributed by atoms with Crippen LogP contribution in [0, 0.1) is 17.8 Å². The molecule has 5 fully saturated rings. The van der Waals surface area contributed by atoms with E-state index >= 15 is 0 Å². The molecule has 228 valence electrons. The molecule has 4 bridgehead atoms. The number of nitrogens with zero attached hydrogens (tertiary/aromatic N) is 4. The lowest BCUT2D eigenvalue weighted by Crippen LogP contribution is -2.60. The number of nitrogens with one attached hydrogen (secondary N) is 2. The molecule has 0 saturated heterocycles. The Morgan fingerprint density at radius 1 is 1.05 bits per heavy atom. The zero-order valence-corrected chi connectivity index (χ0v) is 25.4. The highest BCUT2D eigenvalue weighted by Gasteiger charge is 2.52. The van der Waals surface area contributed by atoms with Gasteiger partial charge in [-0.05, 0) is 86.8 Å². The summed E-state index contributed by atoms with van der Waals surface area (Å²) in [7, 11) is -4.04. The van der Waals surface area contributed by atoms with Crippen molar-refractivity contribution < 1.29 is 23.1 Å². The van der Waals surface area contributed by atoms with E-state index in [2.05, 4.69) is 25.6 Å². The van der Waals surface area contributed by atoms with Gasteiger partial charge in [0.15, 0.2) is 5.13 Å². The van der Waals surface area contributed by atoms with Gasteiger partial charge in [-0.15, -0.1) is 0 Å². The molecule has 0 spiro atoms. The maximum Gasteiger partial charge on any atom is 0.318 e. The minimum atomic E-state index is -4.04. The fourth-order valence-electron chi connectivity index (χ4n) is 8.52. The van der Waals surface area contributed by atoms with Gasteiger partial charge in [0.25, 0.3) is 0 Å². The summed E-state index contributed by atoms with van der Waals surface area (Å²) in [5.41, 5.74) is 1.12. The first-order valence-corrected chi connectivity index (χ1v) is 17.4. The van der Waals surface area contributed by atoms with Crippen LogP contribution < -0.4 is 10.6 Å². The number of hydrogen-bond acceptors (Lipinski definition) is 9. The molecule has 13 heteroatoms. The number of benzene rings is 1. The van der Waals surface area contributed by atoms with Crippen LogP contribution in [-0.2, 0) is 19.6 Å². The van der Waals surface area contributed by atoms with Gasteiger partial charge in [0.05, 0.1) is 11.1 Å². The summed E-state index contributed by atoms with van der Waals surface area (Å²) in [5, 5.41) is 16.7. The molecule has 2 aromatic heterocycles. The van der Waals surface area contributed by atoms with Gasteiger partial charge < -0.3 is 10.4 Å². The lowest BCUT2D eigenvalue weighted by atomic mass is 9.53. The first-order valence-electron chi connectivity index (χ1n) is 15.2. The quantitative estimate of drug-likeness (QED) is 0.299. The Bertz CT molecular complexity index is 1570. The summed E-state index contributed by atoms with van der Waals surface area (Å²) in [6, 6.07) is 5.32. The lowest BCUT2D eigenvalue weighted by molar-refractivity contribution is -0.137. The van der Waals surface area contributed by atoms with Crippen LogP contribution in [0.4, 0.5) is 5.13 Å². The van der Waals surface area contributed by atoms with Gasteiger partial charge in [-0.2, -0.15) is 4.31 Å². The van der Waals surface area contributed by atoms with Crippen molar-refractivity contribution >= 4 is 48.7 Å². The van der Waals surface area contributed by atoms with Crippen LogP contribution in [-0.4, -0.2) is 62.8 Å². The lowest BCUT2D eigenvalue weighted by Gasteiger charge is -2.57. The average molecular weight is 625 g/mol. The van der Waals surface area contributed by atoms with Crippen LogP contribution >= 0.6 is 11.3 Å². The molecule has 0 aliphatic heterocycles. The van der Waals surface area contributed by atoms with E-state index in [0.29, 0.717) is 51.6 Å². The van der Waals surface area contributed by atoms with Gasteiger partial charge in [-0.1, -0.05) is 36.3 Å². The summed E-state index contributed by atoms with van der Waals surface area (Å²) >= 11 is 1.28. The molecule has 1 aromatic carbocycles. The van der Waals surface area contributed by atoms with Crippen molar-refractivity contribution in [3.63, 3.8) is 0 Å². The third kappa shape index (κ3) is 5.67. The standard InChI is InChI=1S/C30H36N6O5S2/c37-25(38)16-36(22-3-1-2-4-22)43(40,41)23-7-5-21(6-8-23)26(27(39)34-29-33-24-15-31-17-32-28(24)42-29)35-30-12-18-9-19(13-30)11-20(10-18)14-30/h5-8,15,17-20,22,26,35H,1-4,9-14,16H2,(H,37,38)(H,33,34,39). The number of fused-ring (bicyclic) bond motifs is 1. The molecule has 3 N–H and O–H groups in total. The van der Waals surface area contributed by atoms with Crippen LogP contribution in [0.15, 0.2) is 41.7 Å². The van der Waals surface area contributed by atoms with E-state index in [9.17, 15) is 23.1 Å². The van der Waals surface area contributed by atoms with Gasteiger partial charge in [0.1, 0.15) is 29.3 Å². The number of hydrogen-bond donors (Lipinski definition) is 3. The highest BCUT2D eigenvalue weighted by atomic mass is 32.2. The van der Waals surface area contributed by atoms with E-state index in [-0.39, 0.29) is 22.4 Å². The molecule has 0 radical (unpaired) electrons. The molecular weight excluding hydrogens is 589 g/mol. The van der Waals surface area contributed by atoms with Crippen molar-refractivity contribution in [2.75, 3.05) is 11.9 Å². The van der Waals surface area contributed by atoms with Gasteiger partial charge in [0.2, 0.25) is 15.9 Å². The summed E-state index contributed by atoms with van der Waals surface area (Å²) < 4.78 is 28.4. The molecule has 1 amide bonds. The zero-order chi connectivity index (χ0) is 29.8. The van der Waals surface area contributed by atoms with E-state index in [4.69, 9.17) is 0 Å². The summed E-state index contributed by atoms with van der Waals surface area (Å²) in [5.74, 6) is 0.581. The normalized spacial score (nSPS) is 27.6. The molecule has 5 aliphatic carbocycles. The predicted octanol–water partition coefficient (Wildman–Crippen LogP) is 4.34. The maximum absolute atomic E-state index is 14.0. The third-order valence-electron chi connectivity index (χ3n) is 9.90. The van der Waals surface area contributed by atoms with E-state index < -0.39 is 28.6 Å². The number of sulfonamides is 1. The minimum absolute atomic E-state index is 0.0307. The van der Waals surface area contributed by atoms with Crippen LogP contribution in [0.5, 0.6) is 0 Å². The van der Waals surface area contributed by atoms with Gasteiger partial charge in [0, 0.05) is 11.6 Å². The second-order valence-electron chi connectivity index (χ2n) is 12.9. The Morgan fingerprint density at radius 2 is 1.70 bits per heavy atom. The monoisotopic (exact) mass is 624 g/mol. The smallest absolute Gasteiger partial charge is 0.318 e. The Hall–Kier alpha value is -3.00. The van der Waals surface area contributed by atoms with Crippen molar-refractivity contribution in [1.29, 1.82) is 0 Å². The first kappa shape index (κ1) is 28.8. The van der Waals surface area contributed by atoms with E-state index in [0.717, 1.165) is 36.4 Å². The number of carbonyl (C=O) groups is 2. The number of carboxylic acids is 1. The van der Waals surface area contributed by atoms with Crippen LogP contribution in [0.2, 0.25) is 0 Å². The van der Waals surface area contributed by atoms with Crippen molar-refractivity contribution in [3.05, 3.63) is 42.4 Å². The number of carbonyl (C=O) groups excluding carboxylic acids is 1. The number of amides is 1. The van der Waals surface area contributed by atoms with Crippen LogP contribution in [0.1, 0.15) is 75.8 Å². The van der Waals surface area contributed by atoms with E-state index in [1.807, 2.05) is 0 Å². The Balaban J connectivity index is 1.18. The van der Waals surface area contributed by atoms with Crippen molar-refractivity contribution in [2.24, 2.45) is 17.8 Å². The van der Waals surface area contributed by atoms with Gasteiger partial charge >= 0.3 is 5.97 Å². The van der Waals surface area contributed by atoms with Gasteiger partial charge in [-0.3, -0.25) is 14.9 Å². The molecule has 1 atom stereocenters. The minimum Gasteiger partial charge on any atom is -0.480 e. The summed E-state index contributed by atoms with van der Waals surface area (Å²) in [6.07, 6.45) is 13.0. The number of aromatic nitrogens is 3. The largest absolute Gasteiger partial charge is 0.480 e. The predicted molar refractivity (Wildman–Crippen MR) is 161 cm³/mol. The van der Waals surface area contributed by atoms with Crippen LogP contribution in [0.25, 0.3) is 10.3 Å². The molecule has 11 nitrogen and oxygen atoms in total. The Labute approximate surface area is 254 Å². The molecule has 3 aromatic rings. The Morgan fingerprint density at radius 3 is 2.30 bits per heavy atom. The SMILES string of the molecule is O=C(O)CN(C1CCCC1)S(=O)(=O)c1ccc(C(NC23CC4CC(CC(C4)C2)C3)C(=O)Nc2nc3cncnc3s2)cc1. The van der Waals surface area contributed by atoms with Crippen LogP contribution in [0.3, 0.4) is 0 Å². The first-order chi connectivity index (χ1) is 20.7. The van der Waals surface area contributed by atoms with E-state index in [1.165, 1.54) is 49.1 Å². The highest BCUT2D eigenvalue weighted by Crippen LogP contribution is 2.56. The second kappa shape index (κ2) is 11.2. The number of thiazole rings is 1. The molecule has 5 saturated carbocycles. The fraction of sp³-hybridized carbons (Fsp3) is 0.567. The molecule has 1 unspecified atom stereocenters. The molecule has 5 aliphatic rings. The van der Waals surface area contributed by atoms with Crippen molar-refractivity contribution in [1.82, 2.24) is 24.6 Å². The fourth-order valence-corrected chi connectivity index (χ4v) is 10.9. The molecule has 2 heterocycles. The summed E-state index contributed by atoms with van der Waals surface area (Å²) in [6.45, 7) is -0.570. The van der Waals surface area contributed by atoms with Crippen molar-refractivity contribution in [2.45, 2.75) is 86.7 Å². The third-order valence-corrected chi connectivity index (χ3v) is 12.7. The van der Waals surface area contributed by atoms with Crippen molar-refractivity contribution in [3.8, 4) is 0 Å².